The number of carbonyl (C=O) groups excluding carboxylic acids is 2. The van der Waals surface area contributed by atoms with Crippen molar-refractivity contribution < 1.29 is 19.1 Å². The van der Waals surface area contributed by atoms with Crippen LogP contribution in [0.2, 0.25) is 0 Å². The summed E-state index contributed by atoms with van der Waals surface area (Å²) in [6.45, 7) is 4.07. The second kappa shape index (κ2) is 3.07. The van der Waals surface area contributed by atoms with E-state index < -0.39 is 11.9 Å². The zero-order valence-corrected chi connectivity index (χ0v) is 9.80. The van der Waals surface area contributed by atoms with Crippen LogP contribution in [-0.2, 0) is 19.1 Å². The quantitative estimate of drug-likeness (QED) is 0.594. The van der Waals surface area contributed by atoms with Crippen LogP contribution in [0.5, 0.6) is 0 Å². The van der Waals surface area contributed by atoms with Crippen molar-refractivity contribution in [3.05, 3.63) is 24.3 Å². The predicted molar refractivity (Wildman–Crippen MR) is 58.9 cm³/mol. The van der Waals surface area contributed by atoms with Gasteiger partial charge in [0.2, 0.25) is 6.29 Å². The number of hydrogen-bond donors (Lipinski definition) is 0. The SMILES string of the molecule is CC1(C)CC(=O)OC2OC3(C=CC(=O)C=C3)C21. The summed E-state index contributed by atoms with van der Waals surface area (Å²) in [5.41, 5.74) is -0.754. The molecule has 3 rings (SSSR count). The molecule has 0 aromatic carbocycles. The van der Waals surface area contributed by atoms with Crippen LogP contribution in [0.3, 0.4) is 0 Å². The van der Waals surface area contributed by atoms with E-state index in [1.54, 1.807) is 12.2 Å². The number of ether oxygens (including phenoxy) is 2. The Labute approximate surface area is 99.3 Å². The second-order valence-corrected chi connectivity index (χ2v) is 5.54. The molecule has 2 aliphatic heterocycles. The normalized spacial score (nSPS) is 36.4. The van der Waals surface area contributed by atoms with Crippen molar-refractivity contribution in [2.45, 2.75) is 32.2 Å². The lowest BCUT2D eigenvalue weighted by Gasteiger charge is -2.59. The lowest BCUT2D eigenvalue weighted by atomic mass is 9.62. The highest BCUT2D eigenvalue weighted by atomic mass is 16.7. The molecular formula is C13H14O4. The number of esters is 1. The van der Waals surface area contributed by atoms with Gasteiger partial charge in [-0.1, -0.05) is 13.8 Å². The van der Waals surface area contributed by atoms with E-state index in [4.69, 9.17) is 9.47 Å². The van der Waals surface area contributed by atoms with Crippen LogP contribution >= 0.6 is 0 Å². The molecule has 2 atom stereocenters. The van der Waals surface area contributed by atoms with E-state index in [9.17, 15) is 9.59 Å². The molecule has 4 heteroatoms. The summed E-state index contributed by atoms with van der Waals surface area (Å²) in [7, 11) is 0. The van der Waals surface area contributed by atoms with Crippen LogP contribution < -0.4 is 0 Å². The van der Waals surface area contributed by atoms with Gasteiger partial charge < -0.3 is 9.47 Å². The van der Waals surface area contributed by atoms with Crippen molar-refractivity contribution in [3.63, 3.8) is 0 Å². The predicted octanol–water partition coefficient (Wildman–Crippen LogP) is 1.37. The Bertz CT molecular complexity index is 442. The molecule has 2 saturated heterocycles. The van der Waals surface area contributed by atoms with Gasteiger partial charge in [0, 0.05) is 0 Å². The summed E-state index contributed by atoms with van der Waals surface area (Å²) >= 11 is 0. The fourth-order valence-corrected chi connectivity index (χ4v) is 3.03. The lowest BCUT2D eigenvalue weighted by molar-refractivity contribution is -0.346. The molecule has 2 unspecified atom stereocenters. The number of rotatable bonds is 0. The van der Waals surface area contributed by atoms with E-state index >= 15 is 0 Å². The van der Waals surface area contributed by atoms with E-state index in [1.807, 2.05) is 13.8 Å². The first-order chi connectivity index (χ1) is 7.93. The topological polar surface area (TPSA) is 52.6 Å². The molecular weight excluding hydrogens is 220 g/mol. The summed E-state index contributed by atoms with van der Waals surface area (Å²) in [5.74, 6) is -0.174. The molecule has 2 heterocycles. The van der Waals surface area contributed by atoms with Gasteiger partial charge in [0.25, 0.3) is 0 Å². The molecule has 1 aliphatic carbocycles. The van der Waals surface area contributed by atoms with E-state index in [-0.39, 0.29) is 23.1 Å². The molecule has 0 saturated carbocycles. The molecule has 0 radical (unpaired) electrons. The van der Waals surface area contributed by atoms with Gasteiger partial charge in [-0.3, -0.25) is 9.59 Å². The number of fused-ring (bicyclic) bond motifs is 2. The van der Waals surface area contributed by atoms with E-state index in [2.05, 4.69) is 0 Å². The van der Waals surface area contributed by atoms with Crippen molar-refractivity contribution in [1.29, 1.82) is 0 Å². The van der Waals surface area contributed by atoms with Gasteiger partial charge in [-0.05, 0) is 29.7 Å². The first-order valence-electron chi connectivity index (χ1n) is 5.73. The smallest absolute Gasteiger partial charge is 0.308 e. The Hall–Kier alpha value is -1.42. The monoisotopic (exact) mass is 234 g/mol. The Morgan fingerprint density at radius 1 is 1.24 bits per heavy atom. The molecule has 3 aliphatic rings. The third-order valence-corrected chi connectivity index (χ3v) is 3.78. The molecule has 0 aromatic heterocycles. The fraction of sp³-hybridized carbons (Fsp3) is 0.538. The van der Waals surface area contributed by atoms with E-state index in [1.165, 1.54) is 12.2 Å². The highest BCUT2D eigenvalue weighted by Crippen LogP contribution is 2.55. The van der Waals surface area contributed by atoms with Crippen LogP contribution in [0, 0.1) is 11.3 Å². The highest BCUT2D eigenvalue weighted by molar-refractivity contribution is 6.00. The fourth-order valence-electron chi connectivity index (χ4n) is 3.03. The molecule has 90 valence electrons. The average molecular weight is 234 g/mol. The van der Waals surface area contributed by atoms with Gasteiger partial charge >= 0.3 is 5.97 Å². The zero-order chi connectivity index (χ0) is 12.3. The number of allylic oxidation sites excluding steroid dienone is 2. The summed E-state index contributed by atoms with van der Waals surface area (Å²) in [4.78, 5) is 22.5. The minimum Gasteiger partial charge on any atom is -0.435 e. The molecule has 1 spiro atoms. The molecule has 4 nitrogen and oxygen atoms in total. The third kappa shape index (κ3) is 1.40. The van der Waals surface area contributed by atoms with E-state index in [0.717, 1.165) is 0 Å². The highest BCUT2D eigenvalue weighted by Gasteiger charge is 2.63. The van der Waals surface area contributed by atoms with Crippen molar-refractivity contribution in [2.75, 3.05) is 0 Å². The summed E-state index contributed by atoms with van der Waals surface area (Å²) in [6.07, 6.45) is 6.49. The minimum atomic E-state index is -0.567. The maximum absolute atomic E-state index is 11.4. The molecule has 0 bridgehead atoms. The molecule has 0 N–H and O–H groups in total. The zero-order valence-electron chi connectivity index (χ0n) is 9.80. The maximum atomic E-state index is 11.4. The molecule has 0 amide bonds. The van der Waals surface area contributed by atoms with Crippen molar-refractivity contribution in [1.82, 2.24) is 0 Å². The second-order valence-electron chi connectivity index (χ2n) is 5.54. The summed E-state index contributed by atoms with van der Waals surface area (Å²) in [5, 5.41) is 0. The van der Waals surface area contributed by atoms with Gasteiger partial charge in [0.15, 0.2) is 5.78 Å². The van der Waals surface area contributed by atoms with Crippen molar-refractivity contribution >= 4 is 11.8 Å². The van der Waals surface area contributed by atoms with E-state index in [0.29, 0.717) is 6.42 Å². The van der Waals surface area contributed by atoms with Crippen LogP contribution in [0.1, 0.15) is 20.3 Å². The Morgan fingerprint density at radius 2 is 1.88 bits per heavy atom. The van der Waals surface area contributed by atoms with Crippen LogP contribution in [0.4, 0.5) is 0 Å². The standard InChI is InChI=1S/C13H14O4/c1-12(2)7-9(15)16-11-10(12)13(17-11)5-3-8(14)4-6-13/h3-6,10-11H,7H2,1-2H3. The number of carbonyl (C=O) groups is 2. The largest absolute Gasteiger partial charge is 0.435 e. The van der Waals surface area contributed by atoms with Crippen molar-refractivity contribution in [2.24, 2.45) is 11.3 Å². The number of hydrogen-bond acceptors (Lipinski definition) is 4. The summed E-state index contributed by atoms with van der Waals surface area (Å²) < 4.78 is 10.8. The maximum Gasteiger partial charge on any atom is 0.308 e. The Kier molecular flexibility index (Phi) is 1.94. The third-order valence-electron chi connectivity index (χ3n) is 3.78. The van der Waals surface area contributed by atoms with Crippen LogP contribution in [0.15, 0.2) is 24.3 Å². The van der Waals surface area contributed by atoms with Crippen LogP contribution in [0.25, 0.3) is 0 Å². The van der Waals surface area contributed by atoms with Gasteiger partial charge in [-0.25, -0.2) is 0 Å². The molecule has 2 fully saturated rings. The first-order valence-corrected chi connectivity index (χ1v) is 5.73. The van der Waals surface area contributed by atoms with Crippen molar-refractivity contribution in [3.8, 4) is 0 Å². The average Bonchev–Trinajstić information content (AvgIpc) is 2.16. The number of ketones is 1. The minimum absolute atomic E-state index is 0.0340. The lowest BCUT2D eigenvalue weighted by Crippen LogP contribution is -2.67. The van der Waals surface area contributed by atoms with Gasteiger partial charge in [-0.15, -0.1) is 0 Å². The molecule has 17 heavy (non-hydrogen) atoms. The van der Waals surface area contributed by atoms with Crippen LogP contribution in [-0.4, -0.2) is 23.6 Å². The summed E-state index contributed by atoms with van der Waals surface area (Å²) in [6, 6.07) is 0. The Balaban J connectivity index is 1.94. The van der Waals surface area contributed by atoms with Gasteiger partial charge in [0.1, 0.15) is 5.60 Å². The molecule has 0 aromatic rings. The first kappa shape index (κ1) is 10.7. The Morgan fingerprint density at radius 3 is 2.47 bits per heavy atom. The van der Waals surface area contributed by atoms with Gasteiger partial charge in [0.05, 0.1) is 12.3 Å². The van der Waals surface area contributed by atoms with Gasteiger partial charge in [-0.2, -0.15) is 0 Å².